The Morgan fingerprint density at radius 2 is 1.77 bits per heavy atom. The number of nitroso groups, excluding NO2 is 1. The number of thiophene rings is 1. The van der Waals surface area contributed by atoms with Gasteiger partial charge in [0.1, 0.15) is 11.6 Å². The zero-order valence-corrected chi connectivity index (χ0v) is 20.4. The van der Waals surface area contributed by atoms with Crippen molar-refractivity contribution >= 4 is 43.3 Å². The van der Waals surface area contributed by atoms with Crippen LogP contribution in [0.3, 0.4) is 0 Å². The molecule has 1 aromatic carbocycles. The second kappa shape index (κ2) is 8.71. The molecule has 0 unspecified atom stereocenters. The highest BCUT2D eigenvalue weighted by Gasteiger charge is 2.25. The first-order valence-corrected chi connectivity index (χ1v) is 12.1. The normalized spacial score (nSPS) is 15.2. The van der Waals surface area contributed by atoms with Crippen LogP contribution >= 0.6 is 27.3 Å². The lowest BCUT2D eigenvalue weighted by Gasteiger charge is -2.32. The van der Waals surface area contributed by atoms with Crippen molar-refractivity contribution in [3.63, 3.8) is 0 Å². The molecule has 1 saturated heterocycles. The number of aryl methyl sites for hydroxylation is 4. The average molecular weight is 487 g/mol. The van der Waals surface area contributed by atoms with Gasteiger partial charge in [0.25, 0.3) is 0 Å². The van der Waals surface area contributed by atoms with Crippen LogP contribution in [0.4, 0.5) is 5.82 Å². The molecule has 3 heterocycles. The number of nitrogens with zero attached hydrogens (tertiary/aromatic N) is 4. The molecule has 1 fully saturated rings. The third-order valence-corrected chi connectivity index (χ3v) is 7.64. The second-order valence-corrected chi connectivity index (χ2v) is 10.4. The number of rotatable bonds is 5. The first kappa shape index (κ1) is 21.4. The van der Waals surface area contributed by atoms with Crippen LogP contribution in [0.15, 0.2) is 21.8 Å². The molecule has 0 saturated carbocycles. The van der Waals surface area contributed by atoms with Crippen LogP contribution in [0.1, 0.15) is 41.1 Å². The Balaban J connectivity index is 1.77. The highest BCUT2D eigenvalue weighted by Crippen LogP contribution is 2.44. The number of benzene rings is 1. The fourth-order valence-electron chi connectivity index (χ4n) is 4.66. The van der Waals surface area contributed by atoms with Gasteiger partial charge in [-0.05, 0) is 81.7 Å². The molecule has 0 aliphatic carbocycles. The van der Waals surface area contributed by atoms with Gasteiger partial charge in [0.2, 0.25) is 0 Å². The summed E-state index contributed by atoms with van der Waals surface area (Å²) in [6, 6.07) is 4.36. The summed E-state index contributed by atoms with van der Waals surface area (Å²) in [6.07, 6.45) is 3.07. The van der Waals surface area contributed by atoms with Crippen molar-refractivity contribution in [1.82, 2.24) is 9.97 Å². The minimum atomic E-state index is 0.431. The maximum Gasteiger partial charge on any atom is 0.150 e. The van der Waals surface area contributed by atoms with E-state index in [1.807, 2.05) is 6.92 Å². The van der Waals surface area contributed by atoms with E-state index in [-0.39, 0.29) is 0 Å². The Hall–Kier alpha value is -1.86. The molecule has 5 nitrogen and oxygen atoms in total. The molecule has 1 aliphatic rings. The predicted molar refractivity (Wildman–Crippen MR) is 130 cm³/mol. The predicted octanol–water partition coefficient (Wildman–Crippen LogP) is 6.73. The standard InChI is InChI=1S/C23H27BrN4OS/c1-13-11-18(24)12-14(2)19(13)20-15(3)30-22-21(20)26-16(4)27-23(22)28-9-6-17(7-10-28)5-8-25-29/h11-12,17H,5-10H2,1-4H3. The third-order valence-electron chi connectivity index (χ3n) is 6.09. The van der Waals surface area contributed by atoms with Gasteiger partial charge in [-0.2, -0.15) is 4.91 Å². The highest BCUT2D eigenvalue weighted by molar-refractivity contribution is 9.10. The first-order valence-electron chi connectivity index (χ1n) is 10.5. The molecule has 1 aliphatic heterocycles. The van der Waals surface area contributed by atoms with E-state index in [2.05, 4.69) is 58.9 Å². The summed E-state index contributed by atoms with van der Waals surface area (Å²) in [4.78, 5) is 23.9. The molecular formula is C23H27BrN4OS. The number of aromatic nitrogens is 2. The van der Waals surface area contributed by atoms with Crippen LogP contribution < -0.4 is 4.90 Å². The number of hydrogen-bond donors (Lipinski definition) is 0. The van der Waals surface area contributed by atoms with Crippen molar-refractivity contribution < 1.29 is 0 Å². The van der Waals surface area contributed by atoms with Crippen molar-refractivity contribution in [2.24, 2.45) is 11.1 Å². The summed E-state index contributed by atoms with van der Waals surface area (Å²) in [5, 5.41) is 3.03. The van der Waals surface area contributed by atoms with Gasteiger partial charge in [0.15, 0.2) is 0 Å². The van der Waals surface area contributed by atoms with Gasteiger partial charge < -0.3 is 4.90 Å². The van der Waals surface area contributed by atoms with Crippen molar-refractivity contribution in [2.45, 2.75) is 47.0 Å². The zero-order chi connectivity index (χ0) is 21.4. The second-order valence-electron chi connectivity index (χ2n) is 8.29. The van der Waals surface area contributed by atoms with Crippen LogP contribution in [-0.2, 0) is 0 Å². The Bertz CT molecular complexity index is 1080. The SMILES string of the molecule is Cc1nc(N2CCC(CCN=O)CC2)c2sc(C)c(-c3c(C)cc(Br)cc3C)c2n1. The number of hydrogen-bond acceptors (Lipinski definition) is 6. The monoisotopic (exact) mass is 486 g/mol. The van der Waals surface area contributed by atoms with Gasteiger partial charge in [-0.15, -0.1) is 11.3 Å². The van der Waals surface area contributed by atoms with E-state index in [1.165, 1.54) is 31.8 Å². The smallest absolute Gasteiger partial charge is 0.150 e. The molecule has 7 heteroatoms. The zero-order valence-electron chi connectivity index (χ0n) is 18.0. The Morgan fingerprint density at radius 3 is 2.40 bits per heavy atom. The maximum absolute atomic E-state index is 10.5. The number of piperidine rings is 1. The Morgan fingerprint density at radius 1 is 1.10 bits per heavy atom. The van der Waals surface area contributed by atoms with Crippen LogP contribution in [-0.4, -0.2) is 29.6 Å². The summed E-state index contributed by atoms with van der Waals surface area (Å²) in [5.41, 5.74) is 6.11. The van der Waals surface area contributed by atoms with Crippen LogP contribution in [0.5, 0.6) is 0 Å². The van der Waals surface area contributed by atoms with Gasteiger partial charge in [-0.3, -0.25) is 0 Å². The molecule has 0 amide bonds. The summed E-state index contributed by atoms with van der Waals surface area (Å²) in [5.74, 6) is 2.47. The highest BCUT2D eigenvalue weighted by atomic mass is 79.9. The van der Waals surface area contributed by atoms with Crippen molar-refractivity contribution in [2.75, 3.05) is 24.5 Å². The molecular weight excluding hydrogens is 460 g/mol. The van der Waals surface area contributed by atoms with E-state index >= 15 is 0 Å². The molecule has 0 radical (unpaired) electrons. The minimum Gasteiger partial charge on any atom is -0.355 e. The number of anilines is 1. The lowest BCUT2D eigenvalue weighted by molar-refractivity contribution is 0.385. The van der Waals surface area contributed by atoms with E-state index < -0.39 is 0 Å². The van der Waals surface area contributed by atoms with Crippen LogP contribution in [0, 0.1) is 38.5 Å². The molecule has 0 N–H and O–H groups in total. The molecule has 2 aromatic heterocycles. The summed E-state index contributed by atoms with van der Waals surface area (Å²) in [6.45, 7) is 10.9. The summed E-state index contributed by atoms with van der Waals surface area (Å²) in [7, 11) is 0. The topological polar surface area (TPSA) is 58.5 Å². The van der Waals surface area contributed by atoms with Crippen molar-refractivity contribution in [1.29, 1.82) is 0 Å². The number of fused-ring (bicyclic) bond motifs is 1. The summed E-state index contributed by atoms with van der Waals surface area (Å²) >= 11 is 5.43. The fourth-order valence-corrected chi connectivity index (χ4v) is 6.47. The lowest BCUT2D eigenvalue weighted by Crippen LogP contribution is -2.34. The van der Waals surface area contributed by atoms with E-state index in [4.69, 9.17) is 9.97 Å². The molecule has 0 bridgehead atoms. The van der Waals surface area contributed by atoms with Crippen molar-refractivity contribution in [3.05, 3.63) is 43.3 Å². The van der Waals surface area contributed by atoms with E-state index in [0.29, 0.717) is 12.5 Å². The fraction of sp³-hybridized carbons (Fsp3) is 0.478. The first-order chi connectivity index (χ1) is 14.4. The molecule has 0 spiro atoms. The lowest BCUT2D eigenvalue weighted by atomic mass is 9.93. The summed E-state index contributed by atoms with van der Waals surface area (Å²) < 4.78 is 2.29. The van der Waals surface area contributed by atoms with Gasteiger partial charge in [0.05, 0.1) is 16.8 Å². The van der Waals surface area contributed by atoms with Gasteiger partial charge in [-0.1, -0.05) is 21.1 Å². The molecule has 158 valence electrons. The van der Waals surface area contributed by atoms with Gasteiger partial charge >= 0.3 is 0 Å². The Kier molecular flexibility index (Phi) is 6.21. The molecule has 30 heavy (non-hydrogen) atoms. The van der Waals surface area contributed by atoms with Gasteiger partial charge in [-0.25, -0.2) is 9.97 Å². The molecule has 3 aromatic rings. The Labute approximate surface area is 190 Å². The average Bonchev–Trinajstić information content (AvgIpc) is 3.01. The maximum atomic E-state index is 10.5. The largest absolute Gasteiger partial charge is 0.355 e. The van der Waals surface area contributed by atoms with E-state index in [0.717, 1.165) is 54.0 Å². The quantitative estimate of drug-likeness (QED) is 0.375. The third kappa shape index (κ3) is 4.02. The minimum absolute atomic E-state index is 0.431. The number of halogens is 1. The van der Waals surface area contributed by atoms with Crippen LogP contribution in [0.25, 0.3) is 21.3 Å². The molecule has 4 rings (SSSR count). The van der Waals surface area contributed by atoms with Crippen LogP contribution in [0.2, 0.25) is 0 Å². The molecule has 0 atom stereocenters. The van der Waals surface area contributed by atoms with Gasteiger partial charge in [0, 0.05) is 28.0 Å². The van der Waals surface area contributed by atoms with E-state index in [9.17, 15) is 4.91 Å². The van der Waals surface area contributed by atoms with E-state index in [1.54, 1.807) is 11.3 Å². The van der Waals surface area contributed by atoms with Crippen molar-refractivity contribution in [3.8, 4) is 11.1 Å².